The van der Waals surface area contributed by atoms with Gasteiger partial charge in [0.1, 0.15) is 11.6 Å². The highest BCUT2D eigenvalue weighted by Crippen LogP contribution is 2.19. The summed E-state index contributed by atoms with van der Waals surface area (Å²) < 4.78 is 5.14. The Morgan fingerprint density at radius 2 is 1.90 bits per heavy atom. The van der Waals surface area contributed by atoms with Crippen LogP contribution in [0.1, 0.15) is 29.9 Å². The second-order valence-electron chi connectivity index (χ2n) is 5.99. The van der Waals surface area contributed by atoms with E-state index in [9.17, 15) is 0 Å². The van der Waals surface area contributed by atoms with E-state index in [1.165, 1.54) is 25.9 Å². The Hall–Kier alpha value is -1.20. The number of rotatable bonds is 6. The topological polar surface area (TPSA) is 50.3 Å². The van der Waals surface area contributed by atoms with Crippen LogP contribution in [0.15, 0.2) is 0 Å². The molecule has 1 aliphatic heterocycles. The molecule has 0 radical (unpaired) electrons. The van der Waals surface area contributed by atoms with Crippen LogP contribution in [0, 0.1) is 26.7 Å². The van der Waals surface area contributed by atoms with Crippen LogP contribution in [0.4, 0.5) is 5.82 Å². The zero-order chi connectivity index (χ0) is 15.2. The van der Waals surface area contributed by atoms with Crippen molar-refractivity contribution in [2.45, 2.75) is 33.6 Å². The molecule has 5 nitrogen and oxygen atoms in total. The smallest absolute Gasteiger partial charge is 0.132 e. The highest BCUT2D eigenvalue weighted by molar-refractivity contribution is 5.45. The Morgan fingerprint density at radius 1 is 1.19 bits per heavy atom. The summed E-state index contributed by atoms with van der Waals surface area (Å²) in [6, 6.07) is 0. The first-order valence-electron chi connectivity index (χ1n) is 7.87. The van der Waals surface area contributed by atoms with Crippen LogP contribution in [0.25, 0.3) is 0 Å². The van der Waals surface area contributed by atoms with E-state index in [2.05, 4.69) is 27.1 Å². The van der Waals surface area contributed by atoms with Gasteiger partial charge in [0.15, 0.2) is 0 Å². The van der Waals surface area contributed by atoms with Crippen LogP contribution >= 0.6 is 0 Å². The molecule has 0 unspecified atom stereocenters. The molecular weight excluding hydrogens is 264 g/mol. The van der Waals surface area contributed by atoms with Crippen molar-refractivity contribution in [1.82, 2.24) is 14.9 Å². The number of nitrogens with one attached hydrogen (secondary N) is 1. The fourth-order valence-corrected chi connectivity index (χ4v) is 2.82. The van der Waals surface area contributed by atoms with Gasteiger partial charge in [-0.15, -0.1) is 0 Å². The molecule has 0 bridgehead atoms. The maximum absolute atomic E-state index is 5.14. The standard InChI is InChI=1S/C16H28N4O/c1-12-13(2)18-14(3)19-16(12)17-11-15-5-7-20(8-6-15)9-10-21-4/h15H,5-11H2,1-4H3,(H,17,18,19). The molecule has 1 aliphatic rings. The lowest BCUT2D eigenvalue weighted by Gasteiger charge is -2.32. The summed E-state index contributed by atoms with van der Waals surface area (Å²) in [5.41, 5.74) is 2.23. The van der Waals surface area contributed by atoms with Crippen LogP contribution in [0.5, 0.6) is 0 Å². The maximum Gasteiger partial charge on any atom is 0.132 e. The quantitative estimate of drug-likeness (QED) is 0.871. The highest BCUT2D eigenvalue weighted by Gasteiger charge is 2.19. The summed E-state index contributed by atoms with van der Waals surface area (Å²) >= 11 is 0. The Kier molecular flexibility index (Phi) is 5.94. The van der Waals surface area contributed by atoms with Gasteiger partial charge in [0.25, 0.3) is 0 Å². The second kappa shape index (κ2) is 7.71. The van der Waals surface area contributed by atoms with Gasteiger partial charge in [-0.25, -0.2) is 9.97 Å². The van der Waals surface area contributed by atoms with E-state index in [0.717, 1.165) is 48.5 Å². The first kappa shape index (κ1) is 16.2. The van der Waals surface area contributed by atoms with Crippen LogP contribution < -0.4 is 5.32 Å². The number of hydrogen-bond donors (Lipinski definition) is 1. The Labute approximate surface area is 128 Å². The first-order chi connectivity index (χ1) is 10.1. The van der Waals surface area contributed by atoms with Crippen molar-refractivity contribution in [1.29, 1.82) is 0 Å². The number of methoxy groups -OCH3 is 1. The number of nitrogens with zero attached hydrogens (tertiary/aromatic N) is 3. The van der Waals surface area contributed by atoms with E-state index < -0.39 is 0 Å². The molecule has 1 aromatic rings. The van der Waals surface area contributed by atoms with Gasteiger partial charge in [-0.1, -0.05) is 0 Å². The third-order valence-electron chi connectivity index (χ3n) is 4.38. The zero-order valence-electron chi connectivity index (χ0n) is 13.8. The van der Waals surface area contributed by atoms with Crippen molar-refractivity contribution < 1.29 is 4.74 Å². The molecule has 0 aliphatic carbocycles. The van der Waals surface area contributed by atoms with E-state index in [1.807, 2.05) is 13.8 Å². The average molecular weight is 292 g/mol. The van der Waals surface area contributed by atoms with Crippen molar-refractivity contribution in [3.8, 4) is 0 Å². The van der Waals surface area contributed by atoms with Gasteiger partial charge >= 0.3 is 0 Å². The predicted molar refractivity (Wildman–Crippen MR) is 85.8 cm³/mol. The second-order valence-corrected chi connectivity index (χ2v) is 5.99. The summed E-state index contributed by atoms with van der Waals surface area (Å²) in [6.07, 6.45) is 2.50. The molecule has 2 rings (SSSR count). The van der Waals surface area contributed by atoms with Crippen LogP contribution in [0.2, 0.25) is 0 Å². The molecule has 0 amide bonds. The molecule has 0 atom stereocenters. The molecule has 118 valence electrons. The average Bonchev–Trinajstić information content (AvgIpc) is 2.48. The minimum absolute atomic E-state index is 0.735. The minimum Gasteiger partial charge on any atom is -0.383 e. The lowest BCUT2D eigenvalue weighted by molar-refractivity contribution is 0.122. The third-order valence-corrected chi connectivity index (χ3v) is 4.38. The van der Waals surface area contributed by atoms with Crippen molar-refractivity contribution in [2.75, 3.05) is 45.2 Å². The van der Waals surface area contributed by atoms with E-state index in [-0.39, 0.29) is 0 Å². The van der Waals surface area contributed by atoms with Gasteiger partial charge < -0.3 is 15.0 Å². The van der Waals surface area contributed by atoms with Gasteiger partial charge in [0.05, 0.1) is 6.61 Å². The molecule has 0 aromatic carbocycles. The zero-order valence-corrected chi connectivity index (χ0v) is 13.8. The SMILES string of the molecule is COCCN1CCC(CNc2nc(C)nc(C)c2C)CC1. The van der Waals surface area contributed by atoms with Crippen molar-refractivity contribution >= 4 is 5.82 Å². The first-order valence-corrected chi connectivity index (χ1v) is 7.87. The summed E-state index contributed by atoms with van der Waals surface area (Å²) in [5.74, 6) is 2.58. The summed E-state index contributed by atoms with van der Waals surface area (Å²) in [6.45, 7) is 11.3. The monoisotopic (exact) mass is 292 g/mol. The normalized spacial score (nSPS) is 17.1. The number of aryl methyl sites for hydroxylation is 2. The lowest BCUT2D eigenvalue weighted by atomic mass is 9.97. The third kappa shape index (κ3) is 4.64. The lowest BCUT2D eigenvalue weighted by Crippen LogP contribution is -2.37. The molecule has 0 spiro atoms. The Morgan fingerprint density at radius 3 is 2.57 bits per heavy atom. The van der Waals surface area contributed by atoms with E-state index in [1.54, 1.807) is 7.11 Å². The molecule has 1 aromatic heterocycles. The highest BCUT2D eigenvalue weighted by atomic mass is 16.5. The molecule has 21 heavy (non-hydrogen) atoms. The van der Waals surface area contributed by atoms with Crippen LogP contribution in [-0.2, 0) is 4.74 Å². The summed E-state index contributed by atoms with van der Waals surface area (Å²) in [5, 5.41) is 3.53. The van der Waals surface area contributed by atoms with Crippen molar-refractivity contribution in [2.24, 2.45) is 5.92 Å². The molecule has 1 fully saturated rings. The van der Waals surface area contributed by atoms with Gasteiger partial charge in [-0.3, -0.25) is 0 Å². The molecular formula is C16H28N4O. The van der Waals surface area contributed by atoms with Gasteiger partial charge in [-0.05, 0) is 52.6 Å². The predicted octanol–water partition coefficient (Wildman–Crippen LogP) is 2.17. The van der Waals surface area contributed by atoms with Crippen LogP contribution in [-0.4, -0.2) is 54.8 Å². The fourth-order valence-electron chi connectivity index (χ4n) is 2.82. The largest absolute Gasteiger partial charge is 0.383 e. The summed E-state index contributed by atoms with van der Waals surface area (Å²) in [4.78, 5) is 11.4. The number of ether oxygens (including phenoxy) is 1. The van der Waals surface area contributed by atoms with E-state index in [0.29, 0.717) is 0 Å². The van der Waals surface area contributed by atoms with Gasteiger partial charge in [0, 0.05) is 31.5 Å². The molecule has 5 heteroatoms. The molecule has 1 N–H and O–H groups in total. The number of likely N-dealkylation sites (tertiary alicyclic amines) is 1. The number of anilines is 1. The molecule has 1 saturated heterocycles. The molecule has 2 heterocycles. The van der Waals surface area contributed by atoms with Crippen LogP contribution in [0.3, 0.4) is 0 Å². The number of aromatic nitrogens is 2. The number of hydrogen-bond acceptors (Lipinski definition) is 5. The fraction of sp³-hybridized carbons (Fsp3) is 0.750. The van der Waals surface area contributed by atoms with Gasteiger partial charge in [0.2, 0.25) is 0 Å². The van der Waals surface area contributed by atoms with Crippen molar-refractivity contribution in [3.05, 3.63) is 17.1 Å². The van der Waals surface area contributed by atoms with E-state index in [4.69, 9.17) is 4.74 Å². The summed E-state index contributed by atoms with van der Waals surface area (Å²) in [7, 11) is 1.77. The van der Waals surface area contributed by atoms with Gasteiger partial charge in [-0.2, -0.15) is 0 Å². The maximum atomic E-state index is 5.14. The van der Waals surface area contributed by atoms with E-state index >= 15 is 0 Å². The molecule has 0 saturated carbocycles. The minimum atomic E-state index is 0.735. The Balaban J connectivity index is 1.80. The Bertz CT molecular complexity index is 456. The number of piperidine rings is 1. The van der Waals surface area contributed by atoms with Crippen molar-refractivity contribution in [3.63, 3.8) is 0 Å².